The van der Waals surface area contributed by atoms with Crippen LogP contribution >= 0.6 is 0 Å². The first kappa shape index (κ1) is 20.4. The van der Waals surface area contributed by atoms with Crippen LogP contribution in [0.25, 0.3) is 0 Å². The van der Waals surface area contributed by atoms with Gasteiger partial charge in [0.15, 0.2) is 0 Å². The molecule has 0 bridgehead atoms. The standard InChI is InChI=1S/C20H25N3O4/c1-14-16(10-7-11-22(2)3)12-17(20(21)24)18(23(25)26)19(14)27-13-15-8-5-4-6-9-15/h4-6,8-9,12H,7,10-11,13H2,1-3H3,(H2,21,24). The Morgan fingerprint density at radius 1 is 1.26 bits per heavy atom. The van der Waals surface area contributed by atoms with E-state index in [9.17, 15) is 14.9 Å². The molecule has 0 heterocycles. The fraction of sp³-hybridized carbons (Fsp3) is 0.350. The summed E-state index contributed by atoms with van der Waals surface area (Å²) in [6, 6.07) is 10.9. The van der Waals surface area contributed by atoms with E-state index in [1.54, 1.807) is 6.92 Å². The van der Waals surface area contributed by atoms with Gasteiger partial charge in [0.1, 0.15) is 12.2 Å². The molecule has 0 saturated heterocycles. The molecule has 2 N–H and O–H groups in total. The molecule has 0 unspecified atom stereocenters. The number of nitro benzene ring substituents is 1. The molecule has 1 amide bonds. The summed E-state index contributed by atoms with van der Waals surface area (Å²) >= 11 is 0. The molecule has 27 heavy (non-hydrogen) atoms. The van der Waals surface area contributed by atoms with Gasteiger partial charge in [0.05, 0.1) is 4.92 Å². The predicted octanol–water partition coefficient (Wildman–Crippen LogP) is 3.08. The van der Waals surface area contributed by atoms with Gasteiger partial charge in [0.25, 0.3) is 5.91 Å². The van der Waals surface area contributed by atoms with Crippen LogP contribution in [0.4, 0.5) is 5.69 Å². The minimum absolute atomic E-state index is 0.111. The third kappa shape index (κ3) is 5.27. The number of carbonyl (C=O) groups excluding carboxylic acids is 1. The number of amides is 1. The molecule has 0 aliphatic heterocycles. The van der Waals surface area contributed by atoms with Gasteiger partial charge in [-0.25, -0.2) is 0 Å². The monoisotopic (exact) mass is 371 g/mol. The van der Waals surface area contributed by atoms with Gasteiger partial charge in [-0.15, -0.1) is 0 Å². The van der Waals surface area contributed by atoms with Crippen LogP contribution in [0.2, 0.25) is 0 Å². The molecule has 7 heteroatoms. The predicted molar refractivity (Wildman–Crippen MR) is 104 cm³/mol. The lowest BCUT2D eigenvalue weighted by atomic mass is 9.97. The van der Waals surface area contributed by atoms with Crippen LogP contribution < -0.4 is 10.5 Å². The van der Waals surface area contributed by atoms with Crippen molar-refractivity contribution in [3.63, 3.8) is 0 Å². The topological polar surface area (TPSA) is 98.7 Å². The van der Waals surface area contributed by atoms with Crippen LogP contribution in [-0.2, 0) is 13.0 Å². The summed E-state index contributed by atoms with van der Waals surface area (Å²) in [5, 5.41) is 11.6. The van der Waals surface area contributed by atoms with Crippen LogP contribution in [0.1, 0.15) is 33.5 Å². The Balaban J connectivity index is 2.44. The first-order valence-electron chi connectivity index (χ1n) is 8.73. The zero-order valence-corrected chi connectivity index (χ0v) is 15.9. The van der Waals surface area contributed by atoms with Crippen molar-refractivity contribution in [3.05, 3.63) is 68.8 Å². The maximum atomic E-state index is 11.9. The van der Waals surface area contributed by atoms with Gasteiger partial charge in [0, 0.05) is 5.56 Å². The minimum atomic E-state index is -0.833. The number of hydrogen-bond acceptors (Lipinski definition) is 5. The van der Waals surface area contributed by atoms with E-state index in [-0.39, 0.29) is 23.6 Å². The van der Waals surface area contributed by atoms with Crippen LogP contribution in [0.3, 0.4) is 0 Å². The van der Waals surface area contributed by atoms with Crippen LogP contribution in [-0.4, -0.2) is 36.4 Å². The molecular weight excluding hydrogens is 346 g/mol. The molecule has 2 aromatic carbocycles. The summed E-state index contributed by atoms with van der Waals surface area (Å²) in [5.74, 6) is -0.722. The summed E-state index contributed by atoms with van der Waals surface area (Å²) in [7, 11) is 3.96. The molecule has 0 atom stereocenters. The van der Waals surface area contributed by atoms with Gasteiger partial charge in [-0.3, -0.25) is 14.9 Å². The number of nitrogens with two attached hydrogens (primary N) is 1. The maximum absolute atomic E-state index is 11.9. The van der Waals surface area contributed by atoms with E-state index in [2.05, 4.69) is 4.90 Å². The molecule has 7 nitrogen and oxygen atoms in total. The minimum Gasteiger partial charge on any atom is -0.482 e. The second kappa shape index (κ2) is 9.14. The summed E-state index contributed by atoms with van der Waals surface area (Å²) in [6.45, 7) is 2.81. The van der Waals surface area contributed by atoms with Gasteiger partial charge in [-0.2, -0.15) is 0 Å². The molecule has 0 aromatic heterocycles. The van der Waals surface area contributed by atoms with E-state index in [1.165, 1.54) is 6.07 Å². The molecule has 0 spiro atoms. The van der Waals surface area contributed by atoms with Crippen molar-refractivity contribution < 1.29 is 14.5 Å². The van der Waals surface area contributed by atoms with Gasteiger partial charge in [-0.1, -0.05) is 30.3 Å². The largest absolute Gasteiger partial charge is 0.482 e. The second-order valence-electron chi connectivity index (χ2n) is 6.69. The second-order valence-corrected chi connectivity index (χ2v) is 6.69. The lowest BCUT2D eigenvalue weighted by molar-refractivity contribution is -0.386. The molecular formula is C20H25N3O4. The first-order valence-corrected chi connectivity index (χ1v) is 8.73. The molecule has 2 rings (SSSR count). The fourth-order valence-electron chi connectivity index (χ4n) is 2.92. The average Bonchev–Trinajstić information content (AvgIpc) is 2.61. The molecule has 2 aromatic rings. The van der Waals surface area contributed by atoms with Crippen LogP contribution in [0.15, 0.2) is 36.4 Å². The summed E-state index contributed by atoms with van der Waals surface area (Å²) in [4.78, 5) is 24.9. The molecule has 0 fully saturated rings. The van der Waals surface area contributed by atoms with Crippen molar-refractivity contribution in [2.45, 2.75) is 26.4 Å². The Morgan fingerprint density at radius 2 is 1.93 bits per heavy atom. The normalized spacial score (nSPS) is 10.8. The summed E-state index contributed by atoms with van der Waals surface area (Å²) in [5.41, 5.74) is 7.31. The van der Waals surface area contributed by atoms with Gasteiger partial charge >= 0.3 is 5.69 Å². The number of benzene rings is 2. The van der Waals surface area contributed by atoms with Crippen LogP contribution in [0.5, 0.6) is 5.75 Å². The Hall–Kier alpha value is -2.93. The maximum Gasteiger partial charge on any atom is 0.323 e. The number of primary amides is 1. The van der Waals surface area contributed by atoms with Crippen molar-refractivity contribution in [2.75, 3.05) is 20.6 Å². The SMILES string of the molecule is Cc1c(CCCN(C)C)cc(C(N)=O)c([N+](=O)[O-])c1OCc1ccccc1. The zero-order valence-electron chi connectivity index (χ0n) is 15.9. The number of nitro groups is 1. The highest BCUT2D eigenvalue weighted by Crippen LogP contribution is 2.37. The molecule has 144 valence electrons. The highest BCUT2D eigenvalue weighted by atomic mass is 16.6. The smallest absolute Gasteiger partial charge is 0.323 e. The highest BCUT2D eigenvalue weighted by molar-refractivity contribution is 5.98. The van der Waals surface area contributed by atoms with Crippen molar-refractivity contribution in [2.24, 2.45) is 5.73 Å². The molecule has 0 saturated carbocycles. The van der Waals surface area contributed by atoms with Gasteiger partial charge < -0.3 is 15.4 Å². The first-order chi connectivity index (χ1) is 12.8. The number of aryl methyl sites for hydroxylation is 1. The third-order valence-corrected chi connectivity index (χ3v) is 4.34. The van der Waals surface area contributed by atoms with E-state index in [4.69, 9.17) is 10.5 Å². The van der Waals surface area contributed by atoms with Crippen LogP contribution in [0, 0.1) is 17.0 Å². The quantitative estimate of drug-likeness (QED) is 0.539. The van der Waals surface area contributed by atoms with Gasteiger partial charge in [-0.05, 0) is 57.6 Å². The van der Waals surface area contributed by atoms with E-state index >= 15 is 0 Å². The lowest BCUT2D eigenvalue weighted by Gasteiger charge is -2.16. The number of carbonyl (C=O) groups is 1. The zero-order chi connectivity index (χ0) is 20.0. The molecule has 0 radical (unpaired) electrons. The Kier molecular flexibility index (Phi) is 6.90. The lowest BCUT2D eigenvalue weighted by Crippen LogP contribution is -2.17. The number of ether oxygens (including phenoxy) is 1. The van der Waals surface area contributed by atoms with Crippen molar-refractivity contribution >= 4 is 11.6 Å². The summed E-state index contributed by atoms with van der Waals surface area (Å²) < 4.78 is 5.81. The highest BCUT2D eigenvalue weighted by Gasteiger charge is 2.28. The fourth-order valence-corrected chi connectivity index (χ4v) is 2.92. The molecule has 0 aliphatic carbocycles. The Labute approximate surface area is 158 Å². The van der Waals surface area contributed by atoms with E-state index in [0.29, 0.717) is 12.0 Å². The van der Waals surface area contributed by atoms with E-state index in [0.717, 1.165) is 24.1 Å². The van der Waals surface area contributed by atoms with Crippen molar-refractivity contribution in [1.29, 1.82) is 0 Å². The van der Waals surface area contributed by atoms with E-state index in [1.807, 2.05) is 44.4 Å². The molecule has 0 aliphatic rings. The summed E-state index contributed by atoms with van der Waals surface area (Å²) in [6.07, 6.45) is 1.52. The number of hydrogen-bond donors (Lipinski definition) is 1. The number of rotatable bonds is 9. The van der Waals surface area contributed by atoms with Gasteiger partial charge in [0.2, 0.25) is 5.75 Å². The third-order valence-electron chi connectivity index (χ3n) is 4.34. The van der Waals surface area contributed by atoms with Crippen molar-refractivity contribution in [1.82, 2.24) is 4.90 Å². The van der Waals surface area contributed by atoms with Crippen molar-refractivity contribution in [3.8, 4) is 5.75 Å². The Morgan fingerprint density at radius 3 is 2.48 bits per heavy atom. The average molecular weight is 371 g/mol. The number of nitrogens with zero attached hydrogens (tertiary/aromatic N) is 2. The van der Waals surface area contributed by atoms with E-state index < -0.39 is 10.8 Å². The Bertz CT molecular complexity index is 820.